The molecule has 0 aliphatic heterocycles. The van der Waals surface area contributed by atoms with E-state index in [0.717, 1.165) is 72.3 Å². The average Bonchev–Trinajstić information content (AvgIpc) is 4.02. The van der Waals surface area contributed by atoms with E-state index in [-0.39, 0.29) is 50.3 Å². The minimum Gasteiger partial charge on any atom is -0.497 e. The van der Waals surface area contributed by atoms with Gasteiger partial charge in [-0.3, -0.25) is 9.97 Å². The number of alkyl halides is 1. The van der Waals surface area contributed by atoms with E-state index in [2.05, 4.69) is 186 Å². The van der Waals surface area contributed by atoms with Crippen LogP contribution in [-0.2, 0) is 27.7 Å². The van der Waals surface area contributed by atoms with Gasteiger partial charge in [0, 0.05) is 22.9 Å². The first kappa shape index (κ1) is 47.6. The molecule has 0 bridgehead atoms. The van der Waals surface area contributed by atoms with E-state index < -0.39 is 6.63 Å². The maximum Gasteiger partial charge on any atom is 2.00 e. The van der Waals surface area contributed by atoms with Crippen LogP contribution in [-0.4, -0.2) is 19.1 Å². The third kappa shape index (κ3) is 9.30. The molecule has 2 aromatic heterocycles. The van der Waals surface area contributed by atoms with Gasteiger partial charge >= 0.3 is 21.1 Å². The maximum atomic E-state index is 15.2. The van der Waals surface area contributed by atoms with Crippen molar-refractivity contribution in [1.82, 2.24) is 19.1 Å². The molecule has 0 unspecified atom stereocenters. The molecule has 11 aromatic rings. The molecular weight excluding hydrogens is 1090 g/mol. The number of ether oxygens (including phenoxy) is 1. The molecule has 2 heterocycles. The maximum absolute atomic E-state index is 15.2. The number of imidazole rings is 2. The molecule has 0 saturated heterocycles. The quantitative estimate of drug-likeness (QED) is 0.108. The van der Waals surface area contributed by atoms with E-state index >= 15 is 4.39 Å². The topological polar surface area (TPSA) is 44.9 Å². The minimum absolute atomic E-state index is 0. The first-order valence-electron chi connectivity index (χ1n) is 26.5. The summed E-state index contributed by atoms with van der Waals surface area (Å²) >= 11 is 0. The molecule has 0 spiro atoms. The summed E-state index contributed by atoms with van der Waals surface area (Å²) in [6, 6.07) is 66.8. The predicted octanol–water partition coefficient (Wildman–Crippen LogP) is 18.5. The van der Waals surface area contributed by atoms with Crippen molar-refractivity contribution in [2.45, 2.75) is 85.7 Å². The van der Waals surface area contributed by atoms with Crippen LogP contribution in [0.25, 0.3) is 89.2 Å². The van der Waals surface area contributed by atoms with Crippen LogP contribution in [0.2, 0.25) is 0 Å². The number of hydrogen-bond donors (Lipinski definition) is 0. The van der Waals surface area contributed by atoms with Crippen molar-refractivity contribution in [3.8, 4) is 67.9 Å². The fourth-order valence-electron chi connectivity index (χ4n) is 10.4. The molecule has 370 valence electrons. The van der Waals surface area contributed by atoms with Crippen LogP contribution in [0, 0.1) is 12.1 Å². The summed E-state index contributed by atoms with van der Waals surface area (Å²) in [5.74, 6) is 2.88. The van der Waals surface area contributed by atoms with Crippen molar-refractivity contribution >= 4 is 32.8 Å². The predicted molar refractivity (Wildman–Crippen MR) is 300 cm³/mol. The van der Waals surface area contributed by atoms with E-state index in [0.29, 0.717) is 28.4 Å². The summed E-state index contributed by atoms with van der Waals surface area (Å²) in [7, 11) is 0. The molecule has 7 heteroatoms. The van der Waals surface area contributed by atoms with Gasteiger partial charge in [0.05, 0.1) is 36.5 Å². The second-order valence-electron chi connectivity index (χ2n) is 20.3. The third-order valence-electron chi connectivity index (χ3n) is 14.0. The molecule has 0 aliphatic carbocycles. The molecule has 0 fully saturated rings. The van der Waals surface area contributed by atoms with Gasteiger partial charge < -0.3 is 13.9 Å². The second-order valence-corrected chi connectivity index (χ2v) is 20.3. The standard InChI is InChI=1S/C67H59FN4O.Pt/c1-41(2)55-35-50(46-20-11-9-12-21-46)36-56(42(3)4)64(55)71-62-29-18-17-28-60(62)69-66(71)49-25-19-26-52(34-49)73-53-33-48-24-15-16-27-54(48)59(39-53)67-70-61-32-45(40-68)30-31-63(61)72(67)65-57(43(5)6)37-51(38-58(65)44(7)8)47-22-13-10-14-23-47;/h9-33,35-38,41-44H,40H2,1-8H3;/q-2;+2/i40D2;. The number of rotatable bonds is 13. The molecule has 0 N–H and O–H groups in total. The summed E-state index contributed by atoms with van der Waals surface area (Å²) in [4.78, 5) is 10.6. The third-order valence-corrected chi connectivity index (χ3v) is 14.0. The fraction of sp³-hybridized carbons (Fsp3) is 0.194. The van der Waals surface area contributed by atoms with Crippen molar-refractivity contribution in [1.29, 1.82) is 0 Å². The molecular formula is C67H59FN4OPt. The summed E-state index contributed by atoms with van der Waals surface area (Å²) in [6.45, 7) is 14.8. The first-order valence-corrected chi connectivity index (χ1v) is 25.5. The van der Waals surface area contributed by atoms with Gasteiger partial charge in [-0.15, -0.1) is 23.8 Å². The minimum atomic E-state index is -3.07. The zero-order valence-electron chi connectivity index (χ0n) is 44.9. The Hall–Kier alpha value is -7.40. The van der Waals surface area contributed by atoms with Crippen LogP contribution in [0.3, 0.4) is 0 Å². The molecule has 0 saturated carbocycles. The van der Waals surface area contributed by atoms with Crippen molar-refractivity contribution < 1.29 is 32.9 Å². The largest absolute Gasteiger partial charge is 2.00 e. The summed E-state index contributed by atoms with van der Waals surface area (Å²) in [6.07, 6.45) is 0. The molecule has 9 aromatic carbocycles. The van der Waals surface area contributed by atoms with E-state index in [1.54, 1.807) is 6.07 Å². The van der Waals surface area contributed by atoms with Crippen LogP contribution in [0.1, 0.15) is 110 Å². The second kappa shape index (κ2) is 20.8. The van der Waals surface area contributed by atoms with Gasteiger partial charge in [-0.25, -0.2) is 4.39 Å². The van der Waals surface area contributed by atoms with Crippen LogP contribution in [0.15, 0.2) is 176 Å². The van der Waals surface area contributed by atoms with E-state index in [1.807, 2.05) is 48.5 Å². The summed E-state index contributed by atoms with van der Waals surface area (Å²) in [5.41, 5.74) is 15.8. The smallest absolute Gasteiger partial charge is 0.497 e. The number of hydrogen-bond acceptors (Lipinski definition) is 3. The Kier molecular flexibility index (Phi) is 13.4. The number of fused-ring (bicyclic) bond motifs is 3. The van der Waals surface area contributed by atoms with Gasteiger partial charge in [0.2, 0.25) is 0 Å². The van der Waals surface area contributed by atoms with Gasteiger partial charge in [-0.1, -0.05) is 193 Å². The van der Waals surface area contributed by atoms with Crippen molar-refractivity contribution in [3.63, 3.8) is 0 Å². The number of aromatic nitrogens is 4. The summed E-state index contributed by atoms with van der Waals surface area (Å²) < 4.78 is 42.6. The van der Waals surface area contributed by atoms with Crippen molar-refractivity contribution in [2.75, 3.05) is 0 Å². The molecule has 5 nitrogen and oxygen atoms in total. The monoisotopic (exact) mass is 1150 g/mol. The van der Waals surface area contributed by atoms with E-state index in [4.69, 9.17) is 17.4 Å². The summed E-state index contributed by atoms with van der Waals surface area (Å²) in [5, 5.41) is 1.81. The number of nitrogens with zero attached hydrogens (tertiary/aromatic N) is 4. The Balaban J connectivity index is 0.00000657. The molecule has 74 heavy (non-hydrogen) atoms. The van der Waals surface area contributed by atoms with Crippen LogP contribution >= 0.6 is 0 Å². The van der Waals surface area contributed by atoms with E-state index in [9.17, 15) is 0 Å². The molecule has 0 aliphatic rings. The Morgan fingerprint density at radius 3 is 1.58 bits per heavy atom. The molecule has 0 amide bonds. The van der Waals surface area contributed by atoms with Gasteiger partial charge in [-0.05, 0) is 122 Å². The molecule has 0 atom stereocenters. The van der Waals surface area contributed by atoms with Gasteiger partial charge in [0.25, 0.3) is 0 Å². The van der Waals surface area contributed by atoms with Gasteiger partial charge in [0.1, 0.15) is 6.63 Å². The zero-order chi connectivity index (χ0) is 52.3. The number of para-hydroxylation sites is 2. The Morgan fingerprint density at radius 1 is 0.486 bits per heavy atom. The zero-order valence-corrected chi connectivity index (χ0v) is 45.2. The van der Waals surface area contributed by atoms with Crippen molar-refractivity contribution in [2.24, 2.45) is 0 Å². The SMILES string of the molecule is [2H]C([2H])(F)c1ccc2c(c1)nc(-c1[c-]c(Oc3[c-]c(-c4nc5ccccc5n4-c4c(C(C)C)cc(-c5ccccc5)cc4C(C)C)ccc3)cc3ccccc13)n2-c1c(C(C)C)cc(-c2ccccc2)cc1C(C)C.[Pt+2]. The van der Waals surface area contributed by atoms with Crippen LogP contribution < -0.4 is 4.74 Å². The number of benzene rings is 9. The Bertz CT molecular complexity index is 3870. The normalized spacial score (nSPS) is 12.3. The molecule has 11 rings (SSSR count). The van der Waals surface area contributed by atoms with Gasteiger partial charge in [0.15, 0.2) is 0 Å². The molecule has 0 radical (unpaired) electrons. The van der Waals surface area contributed by atoms with Crippen LogP contribution in [0.5, 0.6) is 11.5 Å². The average molecular weight is 1150 g/mol. The first-order chi connectivity index (χ1) is 36.1. The van der Waals surface area contributed by atoms with Crippen LogP contribution in [0.4, 0.5) is 4.39 Å². The van der Waals surface area contributed by atoms with E-state index in [1.165, 1.54) is 34.4 Å². The Labute approximate surface area is 451 Å². The number of halogens is 1. The fourth-order valence-corrected chi connectivity index (χ4v) is 10.4. The van der Waals surface area contributed by atoms with Crippen molar-refractivity contribution in [3.05, 3.63) is 216 Å². The van der Waals surface area contributed by atoms with Gasteiger partial charge in [-0.2, -0.15) is 0 Å². The Morgan fingerprint density at radius 2 is 1.00 bits per heavy atom.